The van der Waals surface area contributed by atoms with Crippen LogP contribution >= 0.6 is 0 Å². The molecule has 1 heterocycles. The SMILES string of the molecule is Cc1ccc(C)c(OCCCn2ccnn2)c1. The van der Waals surface area contributed by atoms with E-state index in [1.165, 1.54) is 11.1 Å². The highest BCUT2D eigenvalue weighted by Gasteiger charge is 1.99. The Balaban J connectivity index is 1.80. The smallest absolute Gasteiger partial charge is 0.122 e. The van der Waals surface area contributed by atoms with Gasteiger partial charge >= 0.3 is 0 Å². The van der Waals surface area contributed by atoms with E-state index in [2.05, 4.69) is 42.4 Å². The third-order valence-corrected chi connectivity index (χ3v) is 2.60. The molecular weight excluding hydrogens is 214 g/mol. The summed E-state index contributed by atoms with van der Waals surface area (Å²) in [6, 6.07) is 6.25. The van der Waals surface area contributed by atoms with Gasteiger partial charge in [-0.25, -0.2) is 0 Å². The minimum absolute atomic E-state index is 0.699. The summed E-state index contributed by atoms with van der Waals surface area (Å²) in [4.78, 5) is 0. The van der Waals surface area contributed by atoms with E-state index < -0.39 is 0 Å². The van der Waals surface area contributed by atoms with Gasteiger partial charge in [-0.05, 0) is 31.0 Å². The zero-order valence-electron chi connectivity index (χ0n) is 10.3. The summed E-state index contributed by atoms with van der Waals surface area (Å²) in [6.45, 7) is 5.67. The molecule has 0 unspecified atom stereocenters. The van der Waals surface area contributed by atoms with Crippen LogP contribution < -0.4 is 4.74 Å². The van der Waals surface area contributed by atoms with Gasteiger partial charge in [0, 0.05) is 19.2 Å². The molecule has 0 radical (unpaired) electrons. The summed E-state index contributed by atoms with van der Waals surface area (Å²) in [5.74, 6) is 0.976. The first kappa shape index (κ1) is 11.6. The van der Waals surface area contributed by atoms with Crippen molar-refractivity contribution >= 4 is 0 Å². The maximum atomic E-state index is 5.75. The van der Waals surface area contributed by atoms with Crippen LogP contribution in [-0.2, 0) is 6.54 Å². The molecule has 0 saturated carbocycles. The maximum Gasteiger partial charge on any atom is 0.122 e. The average molecular weight is 231 g/mol. The molecule has 1 aromatic carbocycles. The molecule has 0 N–H and O–H groups in total. The van der Waals surface area contributed by atoms with Crippen LogP contribution in [0.25, 0.3) is 0 Å². The molecule has 2 aromatic rings. The monoisotopic (exact) mass is 231 g/mol. The summed E-state index contributed by atoms with van der Waals surface area (Å²) in [7, 11) is 0. The predicted molar refractivity (Wildman–Crippen MR) is 66.1 cm³/mol. The lowest BCUT2D eigenvalue weighted by atomic mass is 10.1. The lowest BCUT2D eigenvalue weighted by Crippen LogP contribution is -2.05. The van der Waals surface area contributed by atoms with Crippen LogP contribution in [0.3, 0.4) is 0 Å². The second-order valence-electron chi connectivity index (χ2n) is 4.14. The molecule has 0 aliphatic heterocycles. The van der Waals surface area contributed by atoms with E-state index in [0.717, 1.165) is 18.7 Å². The van der Waals surface area contributed by atoms with Gasteiger partial charge in [0.15, 0.2) is 0 Å². The van der Waals surface area contributed by atoms with Crippen molar-refractivity contribution in [3.63, 3.8) is 0 Å². The highest BCUT2D eigenvalue weighted by Crippen LogP contribution is 2.19. The number of hydrogen-bond acceptors (Lipinski definition) is 3. The van der Waals surface area contributed by atoms with Crippen molar-refractivity contribution in [1.29, 1.82) is 0 Å². The zero-order valence-corrected chi connectivity index (χ0v) is 10.3. The average Bonchev–Trinajstić information content (AvgIpc) is 2.82. The van der Waals surface area contributed by atoms with Gasteiger partial charge in [-0.2, -0.15) is 0 Å². The number of aryl methyl sites for hydroxylation is 3. The fraction of sp³-hybridized carbons (Fsp3) is 0.385. The third kappa shape index (κ3) is 3.31. The molecule has 4 heteroatoms. The van der Waals surface area contributed by atoms with E-state index in [0.29, 0.717) is 6.61 Å². The van der Waals surface area contributed by atoms with Crippen LogP contribution in [-0.4, -0.2) is 21.6 Å². The van der Waals surface area contributed by atoms with Gasteiger partial charge in [0.05, 0.1) is 12.8 Å². The van der Waals surface area contributed by atoms with Gasteiger partial charge in [-0.3, -0.25) is 4.68 Å². The number of hydrogen-bond donors (Lipinski definition) is 0. The Bertz CT molecular complexity index is 466. The number of aromatic nitrogens is 3. The lowest BCUT2D eigenvalue weighted by molar-refractivity contribution is 0.296. The van der Waals surface area contributed by atoms with E-state index in [4.69, 9.17) is 4.74 Å². The van der Waals surface area contributed by atoms with Crippen molar-refractivity contribution in [2.24, 2.45) is 0 Å². The van der Waals surface area contributed by atoms with Gasteiger partial charge in [0.1, 0.15) is 5.75 Å². The fourth-order valence-corrected chi connectivity index (χ4v) is 1.62. The van der Waals surface area contributed by atoms with Crippen molar-refractivity contribution in [1.82, 2.24) is 15.0 Å². The van der Waals surface area contributed by atoms with Crippen LogP contribution in [0, 0.1) is 13.8 Å². The van der Waals surface area contributed by atoms with Gasteiger partial charge in [0.25, 0.3) is 0 Å². The molecule has 0 aliphatic carbocycles. The number of rotatable bonds is 5. The van der Waals surface area contributed by atoms with Crippen LogP contribution in [0.1, 0.15) is 17.5 Å². The summed E-state index contributed by atoms with van der Waals surface area (Å²) in [5.41, 5.74) is 2.40. The Hall–Kier alpha value is -1.84. The van der Waals surface area contributed by atoms with E-state index in [1.807, 2.05) is 10.9 Å². The summed E-state index contributed by atoms with van der Waals surface area (Å²) in [5, 5.41) is 7.66. The molecule has 0 spiro atoms. The molecule has 0 saturated heterocycles. The van der Waals surface area contributed by atoms with Crippen LogP contribution in [0.15, 0.2) is 30.6 Å². The van der Waals surface area contributed by atoms with Gasteiger partial charge < -0.3 is 4.74 Å². The molecule has 0 atom stereocenters. The normalized spacial score (nSPS) is 10.5. The van der Waals surface area contributed by atoms with Gasteiger partial charge in [-0.15, -0.1) is 5.10 Å². The van der Waals surface area contributed by atoms with Crippen LogP contribution in [0.2, 0.25) is 0 Å². The Morgan fingerprint density at radius 2 is 2.18 bits per heavy atom. The van der Waals surface area contributed by atoms with Crippen molar-refractivity contribution < 1.29 is 4.74 Å². The van der Waals surface area contributed by atoms with Crippen molar-refractivity contribution in [3.05, 3.63) is 41.7 Å². The summed E-state index contributed by atoms with van der Waals surface area (Å²) < 4.78 is 7.57. The topological polar surface area (TPSA) is 39.9 Å². The Morgan fingerprint density at radius 1 is 1.29 bits per heavy atom. The molecule has 90 valence electrons. The van der Waals surface area contributed by atoms with E-state index in [9.17, 15) is 0 Å². The molecule has 0 amide bonds. The first-order chi connectivity index (χ1) is 8.25. The zero-order chi connectivity index (χ0) is 12.1. The summed E-state index contributed by atoms with van der Waals surface area (Å²) >= 11 is 0. The molecule has 0 bridgehead atoms. The largest absolute Gasteiger partial charge is 0.493 e. The van der Waals surface area contributed by atoms with Crippen LogP contribution in [0.4, 0.5) is 0 Å². The number of nitrogens with zero attached hydrogens (tertiary/aromatic N) is 3. The first-order valence-electron chi connectivity index (χ1n) is 5.80. The standard InChI is InChI=1S/C13H17N3O/c1-11-4-5-12(2)13(10-11)17-9-3-7-16-8-6-14-15-16/h4-6,8,10H,3,7,9H2,1-2H3. The molecule has 0 aliphatic rings. The minimum Gasteiger partial charge on any atom is -0.493 e. The Kier molecular flexibility index (Phi) is 3.75. The number of benzene rings is 1. The molecule has 4 nitrogen and oxygen atoms in total. The van der Waals surface area contributed by atoms with Gasteiger partial charge in [-0.1, -0.05) is 17.3 Å². The third-order valence-electron chi connectivity index (χ3n) is 2.60. The quantitative estimate of drug-likeness (QED) is 0.742. The van der Waals surface area contributed by atoms with E-state index >= 15 is 0 Å². The van der Waals surface area contributed by atoms with Crippen molar-refractivity contribution in [2.75, 3.05) is 6.61 Å². The van der Waals surface area contributed by atoms with E-state index in [1.54, 1.807) is 6.20 Å². The summed E-state index contributed by atoms with van der Waals surface area (Å²) in [6.07, 6.45) is 4.47. The molecule has 17 heavy (non-hydrogen) atoms. The molecule has 0 fully saturated rings. The second-order valence-corrected chi connectivity index (χ2v) is 4.14. The fourth-order valence-electron chi connectivity index (χ4n) is 1.62. The molecular formula is C13H17N3O. The molecule has 2 rings (SSSR count). The first-order valence-corrected chi connectivity index (χ1v) is 5.80. The Morgan fingerprint density at radius 3 is 2.94 bits per heavy atom. The van der Waals surface area contributed by atoms with Crippen LogP contribution in [0.5, 0.6) is 5.75 Å². The van der Waals surface area contributed by atoms with Crippen molar-refractivity contribution in [2.45, 2.75) is 26.8 Å². The van der Waals surface area contributed by atoms with Gasteiger partial charge in [0.2, 0.25) is 0 Å². The maximum absolute atomic E-state index is 5.75. The highest BCUT2D eigenvalue weighted by atomic mass is 16.5. The molecule has 1 aromatic heterocycles. The highest BCUT2D eigenvalue weighted by molar-refractivity contribution is 5.35. The van der Waals surface area contributed by atoms with E-state index in [-0.39, 0.29) is 0 Å². The minimum atomic E-state index is 0.699. The van der Waals surface area contributed by atoms with Crippen molar-refractivity contribution in [3.8, 4) is 5.75 Å². The second kappa shape index (κ2) is 5.48. The number of ether oxygens (including phenoxy) is 1. The Labute approximate surface area is 101 Å². The lowest BCUT2D eigenvalue weighted by Gasteiger charge is -2.09. The predicted octanol–water partition coefficient (Wildman–Crippen LogP) is 2.36.